The van der Waals surface area contributed by atoms with E-state index in [2.05, 4.69) is 20.9 Å². The third-order valence-corrected chi connectivity index (χ3v) is 3.37. The van der Waals surface area contributed by atoms with E-state index in [1.54, 1.807) is 37.3 Å². The van der Waals surface area contributed by atoms with E-state index in [0.29, 0.717) is 17.1 Å². The summed E-state index contributed by atoms with van der Waals surface area (Å²) < 4.78 is 14.4. The van der Waals surface area contributed by atoms with Crippen LogP contribution in [0.25, 0.3) is 5.69 Å². The first-order valence-corrected chi connectivity index (χ1v) is 7.40. The van der Waals surface area contributed by atoms with Gasteiger partial charge in [-0.05, 0) is 43.3 Å². The number of hydrogen-bond donors (Lipinski definition) is 2. The number of halogens is 1. The molecule has 3 aromatic rings. The maximum atomic E-state index is 13.0. The summed E-state index contributed by atoms with van der Waals surface area (Å²) >= 11 is 0. The molecule has 0 atom stereocenters. The molecule has 0 aliphatic heterocycles. The highest BCUT2D eigenvalue weighted by atomic mass is 19.1. The molecule has 0 spiro atoms. The molecule has 2 N–H and O–H groups in total. The van der Waals surface area contributed by atoms with Gasteiger partial charge in [0.2, 0.25) is 5.82 Å². The van der Waals surface area contributed by atoms with E-state index in [9.17, 15) is 14.0 Å². The lowest BCUT2D eigenvalue weighted by atomic mass is 10.2. The summed E-state index contributed by atoms with van der Waals surface area (Å²) in [6.07, 6.45) is 0. The Labute approximate surface area is 142 Å². The van der Waals surface area contributed by atoms with Crippen molar-refractivity contribution in [1.82, 2.24) is 25.6 Å². The number of carbonyl (C=O) groups is 2. The lowest BCUT2D eigenvalue weighted by Crippen LogP contribution is -2.42. The Morgan fingerprint density at radius 2 is 1.60 bits per heavy atom. The van der Waals surface area contributed by atoms with Gasteiger partial charge in [-0.1, -0.05) is 18.2 Å². The standard InChI is InChI=1S/C17H14FN5O2/c1-11-19-15(22-23(11)14-9-7-13(18)8-10-14)17(25)21-20-16(24)12-5-3-2-4-6-12/h2-10H,1H3,(H,20,24)(H,21,25). The van der Waals surface area contributed by atoms with Gasteiger partial charge >= 0.3 is 5.91 Å². The number of hydrazine groups is 1. The number of nitrogens with zero attached hydrogens (tertiary/aromatic N) is 3. The van der Waals surface area contributed by atoms with Crippen LogP contribution in [0.5, 0.6) is 0 Å². The number of benzene rings is 2. The van der Waals surface area contributed by atoms with E-state index in [-0.39, 0.29) is 11.6 Å². The van der Waals surface area contributed by atoms with Gasteiger partial charge in [-0.2, -0.15) is 0 Å². The van der Waals surface area contributed by atoms with Crippen LogP contribution in [0, 0.1) is 12.7 Å². The monoisotopic (exact) mass is 339 g/mol. The molecule has 1 heterocycles. The summed E-state index contributed by atoms with van der Waals surface area (Å²) in [6, 6.07) is 14.1. The molecule has 0 saturated heterocycles. The second-order valence-corrected chi connectivity index (χ2v) is 5.15. The largest absolute Gasteiger partial charge is 0.309 e. The fourth-order valence-electron chi connectivity index (χ4n) is 2.14. The molecule has 0 aliphatic rings. The third-order valence-electron chi connectivity index (χ3n) is 3.37. The van der Waals surface area contributed by atoms with E-state index < -0.39 is 11.8 Å². The molecule has 0 aliphatic carbocycles. The van der Waals surface area contributed by atoms with Gasteiger partial charge in [-0.15, -0.1) is 5.10 Å². The summed E-state index contributed by atoms with van der Waals surface area (Å²) in [5.74, 6) is -1.15. The quantitative estimate of drug-likeness (QED) is 0.712. The van der Waals surface area contributed by atoms with Crippen molar-refractivity contribution >= 4 is 11.8 Å². The normalized spacial score (nSPS) is 10.3. The number of hydrogen-bond acceptors (Lipinski definition) is 4. The topological polar surface area (TPSA) is 88.9 Å². The number of carbonyl (C=O) groups excluding carboxylic acids is 2. The van der Waals surface area contributed by atoms with Crippen LogP contribution < -0.4 is 10.9 Å². The van der Waals surface area contributed by atoms with Crippen LogP contribution in [0.15, 0.2) is 54.6 Å². The van der Waals surface area contributed by atoms with Gasteiger partial charge in [0.15, 0.2) is 0 Å². The van der Waals surface area contributed by atoms with Crippen LogP contribution in [0.4, 0.5) is 4.39 Å². The number of nitrogens with one attached hydrogen (secondary N) is 2. The zero-order valence-corrected chi connectivity index (χ0v) is 13.2. The van der Waals surface area contributed by atoms with Gasteiger partial charge in [-0.3, -0.25) is 20.4 Å². The molecule has 2 aromatic carbocycles. The second kappa shape index (κ2) is 6.91. The second-order valence-electron chi connectivity index (χ2n) is 5.15. The molecule has 0 fully saturated rings. The molecule has 7 nitrogen and oxygen atoms in total. The first kappa shape index (κ1) is 16.3. The van der Waals surface area contributed by atoms with Crippen molar-refractivity contribution in [1.29, 1.82) is 0 Å². The van der Waals surface area contributed by atoms with Gasteiger partial charge < -0.3 is 0 Å². The predicted octanol–water partition coefficient (Wildman–Crippen LogP) is 1.79. The maximum absolute atomic E-state index is 13.0. The summed E-state index contributed by atoms with van der Waals surface area (Å²) in [7, 11) is 0. The van der Waals surface area contributed by atoms with E-state index >= 15 is 0 Å². The fraction of sp³-hybridized carbons (Fsp3) is 0.0588. The Balaban J connectivity index is 1.70. The fourth-order valence-corrected chi connectivity index (χ4v) is 2.14. The van der Waals surface area contributed by atoms with Crippen molar-refractivity contribution in [2.45, 2.75) is 6.92 Å². The molecular weight excluding hydrogens is 325 g/mol. The van der Waals surface area contributed by atoms with Gasteiger partial charge in [0.05, 0.1) is 5.69 Å². The number of amides is 2. The predicted molar refractivity (Wildman–Crippen MR) is 87.4 cm³/mol. The minimum atomic E-state index is -0.659. The zero-order chi connectivity index (χ0) is 17.8. The van der Waals surface area contributed by atoms with Crippen LogP contribution in [0.1, 0.15) is 26.8 Å². The van der Waals surface area contributed by atoms with E-state index in [4.69, 9.17) is 0 Å². The summed E-state index contributed by atoms with van der Waals surface area (Å²) in [6.45, 7) is 1.66. The number of aryl methyl sites for hydroxylation is 1. The lowest BCUT2D eigenvalue weighted by molar-refractivity contribution is 0.0841. The Bertz CT molecular complexity index is 907. The van der Waals surface area contributed by atoms with Gasteiger partial charge in [0.25, 0.3) is 5.91 Å². The van der Waals surface area contributed by atoms with Crippen LogP contribution in [0.3, 0.4) is 0 Å². The third kappa shape index (κ3) is 3.69. The molecule has 2 amide bonds. The number of aromatic nitrogens is 3. The maximum Gasteiger partial charge on any atom is 0.309 e. The highest BCUT2D eigenvalue weighted by molar-refractivity contribution is 5.97. The Morgan fingerprint density at radius 1 is 0.960 bits per heavy atom. The van der Waals surface area contributed by atoms with Gasteiger partial charge in [0, 0.05) is 5.56 Å². The average Bonchev–Trinajstić information content (AvgIpc) is 3.02. The molecule has 3 rings (SSSR count). The Hall–Kier alpha value is -3.55. The molecule has 0 radical (unpaired) electrons. The van der Waals surface area contributed by atoms with Crippen molar-refractivity contribution in [3.8, 4) is 5.69 Å². The zero-order valence-electron chi connectivity index (χ0n) is 13.2. The SMILES string of the molecule is Cc1nc(C(=O)NNC(=O)c2ccccc2)nn1-c1ccc(F)cc1. The molecule has 126 valence electrons. The molecule has 25 heavy (non-hydrogen) atoms. The van der Waals surface area contributed by atoms with E-state index in [0.717, 1.165) is 0 Å². The Kier molecular flexibility index (Phi) is 4.51. The van der Waals surface area contributed by atoms with Crippen LogP contribution >= 0.6 is 0 Å². The minimum absolute atomic E-state index is 0.116. The highest BCUT2D eigenvalue weighted by Gasteiger charge is 2.16. The van der Waals surface area contributed by atoms with E-state index in [1.165, 1.54) is 28.9 Å². The molecule has 0 unspecified atom stereocenters. The van der Waals surface area contributed by atoms with Gasteiger partial charge in [-0.25, -0.2) is 14.1 Å². The van der Waals surface area contributed by atoms with Crippen LogP contribution in [-0.4, -0.2) is 26.6 Å². The van der Waals surface area contributed by atoms with Crippen molar-refractivity contribution in [2.75, 3.05) is 0 Å². The summed E-state index contributed by atoms with van der Waals surface area (Å²) in [4.78, 5) is 28.1. The molecular formula is C17H14FN5O2. The lowest BCUT2D eigenvalue weighted by Gasteiger charge is -2.05. The van der Waals surface area contributed by atoms with Crippen molar-refractivity contribution in [3.63, 3.8) is 0 Å². The van der Waals surface area contributed by atoms with E-state index in [1.807, 2.05) is 0 Å². The van der Waals surface area contributed by atoms with Crippen LogP contribution in [0.2, 0.25) is 0 Å². The molecule has 0 saturated carbocycles. The smallest absolute Gasteiger partial charge is 0.267 e. The first-order chi connectivity index (χ1) is 12.0. The average molecular weight is 339 g/mol. The van der Waals surface area contributed by atoms with Crippen molar-refractivity contribution in [2.24, 2.45) is 0 Å². The molecule has 1 aromatic heterocycles. The molecule has 0 bridgehead atoms. The first-order valence-electron chi connectivity index (χ1n) is 7.40. The molecule has 8 heteroatoms. The Morgan fingerprint density at radius 3 is 2.28 bits per heavy atom. The van der Waals surface area contributed by atoms with Crippen LogP contribution in [-0.2, 0) is 0 Å². The van der Waals surface area contributed by atoms with Gasteiger partial charge in [0.1, 0.15) is 11.6 Å². The summed E-state index contributed by atoms with van der Waals surface area (Å²) in [5, 5.41) is 4.08. The number of rotatable bonds is 3. The summed E-state index contributed by atoms with van der Waals surface area (Å²) in [5.41, 5.74) is 5.53. The highest BCUT2D eigenvalue weighted by Crippen LogP contribution is 2.10. The van der Waals surface area contributed by atoms with Crippen molar-refractivity contribution < 1.29 is 14.0 Å². The van der Waals surface area contributed by atoms with Crippen molar-refractivity contribution in [3.05, 3.63) is 77.6 Å². The minimum Gasteiger partial charge on any atom is -0.267 e.